The van der Waals surface area contributed by atoms with Crippen LogP contribution in [0.4, 0.5) is 5.69 Å². The Morgan fingerprint density at radius 2 is 2.00 bits per heavy atom. The highest BCUT2D eigenvalue weighted by molar-refractivity contribution is 6.14. The largest absolute Gasteiger partial charge is 0.366 e. The lowest BCUT2D eigenvalue weighted by Gasteiger charge is -2.26. The van der Waals surface area contributed by atoms with Crippen LogP contribution in [0.3, 0.4) is 0 Å². The van der Waals surface area contributed by atoms with Crippen LogP contribution in [-0.2, 0) is 16.0 Å². The lowest BCUT2D eigenvalue weighted by atomic mass is 10.1. The number of anilines is 1. The highest BCUT2D eigenvalue weighted by atomic mass is 16.3. The van der Waals surface area contributed by atoms with Crippen molar-refractivity contribution in [2.75, 3.05) is 11.4 Å². The highest BCUT2D eigenvalue weighted by Gasteiger charge is 2.42. The lowest BCUT2D eigenvalue weighted by Crippen LogP contribution is -2.59. The van der Waals surface area contributed by atoms with Gasteiger partial charge in [0.2, 0.25) is 5.91 Å². The van der Waals surface area contributed by atoms with Gasteiger partial charge in [0.05, 0.1) is 0 Å². The Kier molecular flexibility index (Phi) is 3.33. The zero-order valence-electron chi connectivity index (χ0n) is 10.9. The lowest BCUT2D eigenvalue weighted by molar-refractivity contribution is -0.148. The standard InChI is InChI=1S/C13H15N3O4/c1-7(17)13(15,20)12(19)16-5-4-8-2-3-9(11(14)18)6-10(8)16/h2-3,6,20H,4-5,15H2,1H3,(H2,14,18). The van der Waals surface area contributed by atoms with Crippen molar-refractivity contribution in [3.05, 3.63) is 29.3 Å². The zero-order chi connectivity index (χ0) is 15.1. The third-order valence-corrected chi connectivity index (χ3v) is 3.37. The van der Waals surface area contributed by atoms with E-state index >= 15 is 0 Å². The van der Waals surface area contributed by atoms with Crippen molar-refractivity contribution in [2.24, 2.45) is 11.5 Å². The normalized spacial score (nSPS) is 16.4. The van der Waals surface area contributed by atoms with E-state index < -0.39 is 23.3 Å². The molecule has 1 aromatic carbocycles. The molecule has 1 aliphatic heterocycles. The first-order valence-electron chi connectivity index (χ1n) is 6.02. The molecule has 7 heteroatoms. The number of primary amides is 1. The highest BCUT2D eigenvalue weighted by Crippen LogP contribution is 2.30. The van der Waals surface area contributed by atoms with Gasteiger partial charge in [0.25, 0.3) is 11.6 Å². The summed E-state index contributed by atoms with van der Waals surface area (Å²) in [6.45, 7) is 1.32. The molecule has 0 radical (unpaired) electrons. The third-order valence-electron chi connectivity index (χ3n) is 3.37. The summed E-state index contributed by atoms with van der Waals surface area (Å²) in [6.07, 6.45) is 0.550. The molecule has 5 N–H and O–H groups in total. The second kappa shape index (κ2) is 4.69. The minimum absolute atomic E-state index is 0.242. The number of aliphatic hydroxyl groups is 1. The van der Waals surface area contributed by atoms with Crippen LogP contribution in [-0.4, -0.2) is 35.0 Å². The number of ketones is 1. The molecule has 1 aromatic rings. The van der Waals surface area contributed by atoms with E-state index in [-0.39, 0.29) is 12.1 Å². The minimum Gasteiger partial charge on any atom is -0.366 e. The molecule has 0 saturated carbocycles. The predicted molar refractivity (Wildman–Crippen MR) is 70.8 cm³/mol. The van der Waals surface area contributed by atoms with Crippen LogP contribution < -0.4 is 16.4 Å². The Morgan fingerprint density at radius 3 is 2.55 bits per heavy atom. The Balaban J connectivity index is 2.41. The molecular formula is C13H15N3O4. The van der Waals surface area contributed by atoms with E-state index in [9.17, 15) is 19.5 Å². The summed E-state index contributed by atoms with van der Waals surface area (Å²) in [5.41, 5.74) is 9.49. The molecule has 0 aromatic heterocycles. The Hall–Kier alpha value is -2.25. The SMILES string of the molecule is CC(=O)C(N)(O)C(=O)N1CCc2ccc(C(N)=O)cc21. The van der Waals surface area contributed by atoms with Crippen molar-refractivity contribution in [3.63, 3.8) is 0 Å². The molecule has 106 valence electrons. The van der Waals surface area contributed by atoms with Gasteiger partial charge in [-0.3, -0.25) is 20.1 Å². The zero-order valence-corrected chi connectivity index (χ0v) is 10.9. The number of fused-ring (bicyclic) bond motifs is 1. The topological polar surface area (TPSA) is 127 Å². The van der Waals surface area contributed by atoms with Gasteiger partial charge in [-0.2, -0.15) is 0 Å². The Bertz CT molecular complexity index is 610. The fourth-order valence-electron chi connectivity index (χ4n) is 2.10. The van der Waals surface area contributed by atoms with Gasteiger partial charge in [-0.15, -0.1) is 0 Å². The first kappa shape index (κ1) is 14.2. The molecule has 1 unspecified atom stereocenters. The molecule has 7 nitrogen and oxygen atoms in total. The van der Waals surface area contributed by atoms with Crippen LogP contribution in [0.2, 0.25) is 0 Å². The number of nitrogens with zero attached hydrogens (tertiary/aromatic N) is 1. The van der Waals surface area contributed by atoms with E-state index in [1.807, 2.05) is 0 Å². The molecule has 1 aliphatic rings. The summed E-state index contributed by atoms with van der Waals surface area (Å²) in [6, 6.07) is 4.71. The van der Waals surface area contributed by atoms with Crippen LogP contribution in [0.5, 0.6) is 0 Å². The molecule has 1 atom stereocenters. The number of rotatable bonds is 3. The number of amides is 2. The number of Topliss-reactive ketones (excluding diaryl/α,β-unsaturated/α-hetero) is 1. The second-order valence-corrected chi connectivity index (χ2v) is 4.74. The molecule has 0 spiro atoms. The quantitative estimate of drug-likeness (QED) is 0.478. The van der Waals surface area contributed by atoms with Crippen molar-refractivity contribution in [1.82, 2.24) is 0 Å². The van der Waals surface area contributed by atoms with Crippen LogP contribution in [0.25, 0.3) is 0 Å². The van der Waals surface area contributed by atoms with Crippen LogP contribution in [0.15, 0.2) is 18.2 Å². The molecular weight excluding hydrogens is 262 g/mol. The third kappa shape index (κ3) is 2.17. The number of carbonyl (C=O) groups excluding carboxylic acids is 3. The summed E-state index contributed by atoms with van der Waals surface area (Å²) in [5, 5.41) is 9.77. The predicted octanol–water partition coefficient (Wildman–Crippen LogP) is -1.09. The van der Waals surface area contributed by atoms with Crippen molar-refractivity contribution in [3.8, 4) is 0 Å². The maximum absolute atomic E-state index is 12.2. The monoisotopic (exact) mass is 277 g/mol. The van der Waals surface area contributed by atoms with E-state index in [1.54, 1.807) is 12.1 Å². The number of hydrogen-bond acceptors (Lipinski definition) is 5. The first-order chi connectivity index (χ1) is 9.25. The van der Waals surface area contributed by atoms with Crippen LogP contribution in [0, 0.1) is 0 Å². The van der Waals surface area contributed by atoms with E-state index in [0.29, 0.717) is 12.1 Å². The fourth-order valence-corrected chi connectivity index (χ4v) is 2.10. The number of hydrogen-bond donors (Lipinski definition) is 3. The molecule has 1 heterocycles. The second-order valence-electron chi connectivity index (χ2n) is 4.74. The molecule has 0 bridgehead atoms. The van der Waals surface area contributed by atoms with Crippen molar-refractivity contribution >= 4 is 23.3 Å². The average molecular weight is 277 g/mol. The molecule has 0 saturated heterocycles. The fraction of sp³-hybridized carbons (Fsp3) is 0.308. The number of carbonyl (C=O) groups is 3. The molecule has 2 amide bonds. The van der Waals surface area contributed by atoms with Crippen molar-refractivity contribution < 1.29 is 19.5 Å². The number of benzene rings is 1. The minimum atomic E-state index is -2.57. The van der Waals surface area contributed by atoms with E-state index in [4.69, 9.17) is 11.5 Å². The number of nitrogens with two attached hydrogens (primary N) is 2. The van der Waals surface area contributed by atoms with Gasteiger partial charge in [-0.1, -0.05) is 6.07 Å². The summed E-state index contributed by atoms with van der Waals surface area (Å²) in [7, 11) is 0. The van der Waals surface area contributed by atoms with Gasteiger partial charge in [-0.05, 0) is 31.0 Å². The summed E-state index contributed by atoms with van der Waals surface area (Å²) in [5.74, 6) is -2.38. The summed E-state index contributed by atoms with van der Waals surface area (Å²) >= 11 is 0. The molecule has 2 rings (SSSR count). The van der Waals surface area contributed by atoms with E-state index in [1.165, 1.54) is 11.0 Å². The van der Waals surface area contributed by atoms with Crippen LogP contribution >= 0.6 is 0 Å². The molecule has 0 fully saturated rings. The van der Waals surface area contributed by atoms with Gasteiger partial charge in [-0.25, -0.2) is 0 Å². The van der Waals surface area contributed by atoms with Gasteiger partial charge in [0, 0.05) is 17.8 Å². The Morgan fingerprint density at radius 1 is 1.35 bits per heavy atom. The van der Waals surface area contributed by atoms with Crippen molar-refractivity contribution in [2.45, 2.75) is 19.1 Å². The Labute approximate surface area is 115 Å². The van der Waals surface area contributed by atoms with E-state index in [0.717, 1.165) is 12.5 Å². The maximum atomic E-state index is 12.2. The van der Waals surface area contributed by atoms with Gasteiger partial charge < -0.3 is 15.7 Å². The first-order valence-corrected chi connectivity index (χ1v) is 6.02. The van der Waals surface area contributed by atoms with E-state index in [2.05, 4.69) is 0 Å². The van der Waals surface area contributed by atoms with Crippen LogP contribution in [0.1, 0.15) is 22.8 Å². The molecule has 0 aliphatic carbocycles. The van der Waals surface area contributed by atoms with Gasteiger partial charge >= 0.3 is 0 Å². The van der Waals surface area contributed by atoms with Crippen molar-refractivity contribution in [1.29, 1.82) is 0 Å². The average Bonchev–Trinajstić information content (AvgIpc) is 2.79. The smallest absolute Gasteiger partial charge is 0.282 e. The van der Waals surface area contributed by atoms with Gasteiger partial charge in [0.1, 0.15) is 0 Å². The molecule has 20 heavy (non-hydrogen) atoms. The summed E-state index contributed by atoms with van der Waals surface area (Å²) in [4.78, 5) is 35.8. The summed E-state index contributed by atoms with van der Waals surface area (Å²) < 4.78 is 0. The maximum Gasteiger partial charge on any atom is 0.282 e. The van der Waals surface area contributed by atoms with Gasteiger partial charge in [0.15, 0.2) is 5.78 Å².